The first-order chi connectivity index (χ1) is 8.63. The lowest BCUT2D eigenvalue weighted by molar-refractivity contribution is -0.118. The van der Waals surface area contributed by atoms with E-state index in [1.54, 1.807) is 6.92 Å². The Morgan fingerprint density at radius 2 is 2.06 bits per heavy atom. The molecular formula is C14H21NO2S. The van der Waals surface area contributed by atoms with Gasteiger partial charge in [-0.15, -0.1) is 11.8 Å². The second-order valence-corrected chi connectivity index (χ2v) is 5.29. The standard InChI is InChI=1S/C14H21NO2S/c1-3-4-9-15-14(17)10-18-13-7-5-12(6-8-13)11(2)16/h5-8,11,16H,3-4,9-10H2,1-2H3,(H,15,17). The van der Waals surface area contributed by atoms with Gasteiger partial charge < -0.3 is 10.4 Å². The topological polar surface area (TPSA) is 49.3 Å². The highest BCUT2D eigenvalue weighted by Crippen LogP contribution is 2.20. The van der Waals surface area contributed by atoms with Gasteiger partial charge >= 0.3 is 0 Å². The Kier molecular flexibility index (Phi) is 6.83. The van der Waals surface area contributed by atoms with Crippen LogP contribution < -0.4 is 5.32 Å². The highest BCUT2D eigenvalue weighted by atomic mass is 32.2. The van der Waals surface area contributed by atoms with Crippen LogP contribution in [0.4, 0.5) is 0 Å². The van der Waals surface area contributed by atoms with Crippen molar-refractivity contribution in [3.63, 3.8) is 0 Å². The summed E-state index contributed by atoms with van der Waals surface area (Å²) in [4.78, 5) is 12.5. The molecule has 18 heavy (non-hydrogen) atoms. The number of unbranched alkanes of at least 4 members (excludes halogenated alkanes) is 1. The van der Waals surface area contributed by atoms with E-state index in [-0.39, 0.29) is 5.91 Å². The van der Waals surface area contributed by atoms with E-state index in [1.165, 1.54) is 11.8 Å². The van der Waals surface area contributed by atoms with Crippen molar-refractivity contribution in [3.8, 4) is 0 Å². The lowest BCUT2D eigenvalue weighted by Gasteiger charge is -2.06. The number of carbonyl (C=O) groups is 1. The molecule has 0 spiro atoms. The van der Waals surface area contributed by atoms with Gasteiger partial charge in [-0.25, -0.2) is 0 Å². The van der Waals surface area contributed by atoms with Crippen molar-refractivity contribution in [2.75, 3.05) is 12.3 Å². The van der Waals surface area contributed by atoms with Gasteiger partial charge in [-0.3, -0.25) is 4.79 Å². The van der Waals surface area contributed by atoms with Crippen molar-refractivity contribution in [3.05, 3.63) is 29.8 Å². The van der Waals surface area contributed by atoms with Gasteiger partial charge in [0.1, 0.15) is 0 Å². The van der Waals surface area contributed by atoms with E-state index in [0.29, 0.717) is 5.75 Å². The predicted octanol–water partition coefficient (Wildman–Crippen LogP) is 2.75. The Morgan fingerprint density at radius 3 is 2.61 bits per heavy atom. The fourth-order valence-electron chi connectivity index (χ4n) is 1.45. The van der Waals surface area contributed by atoms with Crippen molar-refractivity contribution in [1.29, 1.82) is 0 Å². The van der Waals surface area contributed by atoms with Crippen LogP contribution in [0.3, 0.4) is 0 Å². The zero-order valence-corrected chi connectivity index (χ0v) is 11.8. The first-order valence-corrected chi connectivity index (χ1v) is 7.29. The zero-order chi connectivity index (χ0) is 13.4. The third kappa shape index (κ3) is 5.56. The average Bonchev–Trinajstić information content (AvgIpc) is 2.37. The molecule has 0 aliphatic rings. The second kappa shape index (κ2) is 8.16. The lowest BCUT2D eigenvalue weighted by atomic mass is 10.1. The first kappa shape index (κ1) is 15.1. The summed E-state index contributed by atoms with van der Waals surface area (Å²) in [5.74, 6) is 0.519. The SMILES string of the molecule is CCCCNC(=O)CSc1ccc(C(C)O)cc1. The van der Waals surface area contributed by atoms with Crippen molar-refractivity contribution < 1.29 is 9.90 Å². The summed E-state index contributed by atoms with van der Waals surface area (Å²) in [5.41, 5.74) is 0.895. The molecule has 4 heteroatoms. The predicted molar refractivity (Wildman–Crippen MR) is 75.7 cm³/mol. The molecule has 1 aromatic carbocycles. The number of amides is 1. The number of benzene rings is 1. The Hall–Kier alpha value is -1.00. The molecular weight excluding hydrogens is 246 g/mol. The molecule has 1 atom stereocenters. The minimum atomic E-state index is -0.443. The Labute approximate surface area is 113 Å². The van der Waals surface area contributed by atoms with Gasteiger partial charge in [-0.2, -0.15) is 0 Å². The van der Waals surface area contributed by atoms with E-state index < -0.39 is 6.10 Å². The molecule has 0 aliphatic heterocycles. The van der Waals surface area contributed by atoms with Gasteiger partial charge in [0.15, 0.2) is 0 Å². The lowest BCUT2D eigenvalue weighted by Crippen LogP contribution is -2.25. The molecule has 0 radical (unpaired) electrons. The number of nitrogens with one attached hydrogen (secondary N) is 1. The fraction of sp³-hybridized carbons (Fsp3) is 0.500. The van der Waals surface area contributed by atoms with Gasteiger partial charge in [-0.1, -0.05) is 25.5 Å². The molecule has 2 N–H and O–H groups in total. The summed E-state index contributed by atoms with van der Waals surface area (Å²) >= 11 is 1.51. The van der Waals surface area contributed by atoms with Crippen LogP contribution in [0.15, 0.2) is 29.2 Å². The zero-order valence-electron chi connectivity index (χ0n) is 11.0. The van der Waals surface area contributed by atoms with E-state index in [1.807, 2.05) is 24.3 Å². The number of carbonyl (C=O) groups excluding carboxylic acids is 1. The van der Waals surface area contributed by atoms with Crippen LogP contribution in [0.1, 0.15) is 38.4 Å². The van der Waals surface area contributed by atoms with Crippen LogP contribution >= 0.6 is 11.8 Å². The third-order valence-electron chi connectivity index (χ3n) is 2.58. The van der Waals surface area contributed by atoms with Crippen molar-refractivity contribution in [2.24, 2.45) is 0 Å². The maximum Gasteiger partial charge on any atom is 0.230 e. The molecule has 0 aromatic heterocycles. The van der Waals surface area contributed by atoms with Crippen LogP contribution in [0, 0.1) is 0 Å². The second-order valence-electron chi connectivity index (χ2n) is 4.24. The number of hydrogen-bond acceptors (Lipinski definition) is 3. The molecule has 0 saturated carbocycles. The molecule has 0 saturated heterocycles. The molecule has 1 amide bonds. The Morgan fingerprint density at radius 1 is 1.39 bits per heavy atom. The molecule has 1 rings (SSSR count). The summed E-state index contributed by atoms with van der Waals surface area (Å²) in [7, 11) is 0. The van der Waals surface area contributed by atoms with Gasteiger partial charge in [0, 0.05) is 11.4 Å². The maximum atomic E-state index is 11.5. The normalized spacial score (nSPS) is 12.2. The van der Waals surface area contributed by atoms with Crippen LogP contribution in [-0.4, -0.2) is 23.3 Å². The van der Waals surface area contributed by atoms with Crippen LogP contribution in [-0.2, 0) is 4.79 Å². The Bertz CT molecular complexity index is 363. The van der Waals surface area contributed by atoms with E-state index in [2.05, 4.69) is 12.2 Å². The van der Waals surface area contributed by atoms with E-state index >= 15 is 0 Å². The van der Waals surface area contributed by atoms with Crippen molar-refractivity contribution in [1.82, 2.24) is 5.32 Å². The van der Waals surface area contributed by atoms with E-state index in [4.69, 9.17) is 0 Å². The van der Waals surface area contributed by atoms with Gasteiger partial charge in [0.25, 0.3) is 0 Å². The van der Waals surface area contributed by atoms with Crippen molar-refractivity contribution in [2.45, 2.75) is 37.7 Å². The first-order valence-electron chi connectivity index (χ1n) is 6.31. The van der Waals surface area contributed by atoms with Gasteiger partial charge in [-0.05, 0) is 31.0 Å². The maximum absolute atomic E-state index is 11.5. The molecule has 0 aliphatic carbocycles. The number of aliphatic hydroxyl groups is 1. The average molecular weight is 267 g/mol. The fourth-order valence-corrected chi connectivity index (χ4v) is 2.18. The molecule has 0 fully saturated rings. The van der Waals surface area contributed by atoms with Crippen LogP contribution in [0.25, 0.3) is 0 Å². The molecule has 1 unspecified atom stereocenters. The van der Waals surface area contributed by atoms with E-state index in [9.17, 15) is 9.90 Å². The van der Waals surface area contributed by atoms with Crippen molar-refractivity contribution >= 4 is 17.7 Å². The van der Waals surface area contributed by atoms with Crippen LogP contribution in [0.2, 0.25) is 0 Å². The summed E-state index contributed by atoms with van der Waals surface area (Å²) in [6, 6.07) is 7.65. The molecule has 1 aromatic rings. The molecule has 0 bridgehead atoms. The smallest absolute Gasteiger partial charge is 0.230 e. The minimum Gasteiger partial charge on any atom is -0.389 e. The monoisotopic (exact) mass is 267 g/mol. The Balaban J connectivity index is 2.32. The summed E-state index contributed by atoms with van der Waals surface area (Å²) in [6.45, 7) is 4.60. The highest BCUT2D eigenvalue weighted by Gasteiger charge is 2.03. The minimum absolute atomic E-state index is 0.0769. The largest absolute Gasteiger partial charge is 0.389 e. The van der Waals surface area contributed by atoms with E-state index in [0.717, 1.165) is 29.8 Å². The third-order valence-corrected chi connectivity index (χ3v) is 3.60. The number of rotatable bonds is 7. The number of hydrogen-bond donors (Lipinski definition) is 2. The summed E-state index contributed by atoms with van der Waals surface area (Å²) < 4.78 is 0. The summed E-state index contributed by atoms with van der Waals surface area (Å²) in [6.07, 6.45) is 1.68. The number of thioether (sulfide) groups is 1. The molecule has 0 heterocycles. The highest BCUT2D eigenvalue weighted by molar-refractivity contribution is 8.00. The molecule has 3 nitrogen and oxygen atoms in total. The quantitative estimate of drug-likeness (QED) is 0.590. The van der Waals surface area contributed by atoms with Gasteiger partial charge in [0.05, 0.1) is 11.9 Å². The van der Waals surface area contributed by atoms with Crippen LogP contribution in [0.5, 0.6) is 0 Å². The van der Waals surface area contributed by atoms with Gasteiger partial charge in [0.2, 0.25) is 5.91 Å². The number of aliphatic hydroxyl groups excluding tert-OH is 1. The summed E-state index contributed by atoms with van der Waals surface area (Å²) in [5, 5.41) is 12.3. The molecule has 100 valence electrons.